The van der Waals surface area contributed by atoms with Crippen LogP contribution in [0.3, 0.4) is 0 Å². The van der Waals surface area contributed by atoms with Crippen LogP contribution >= 0.6 is 15.9 Å². The average Bonchev–Trinajstić information content (AvgIpc) is 2.21. The van der Waals surface area contributed by atoms with Crippen molar-refractivity contribution in [2.24, 2.45) is 10.8 Å². The molecule has 20 heavy (non-hydrogen) atoms. The second-order valence-corrected chi connectivity index (χ2v) is 8.80. The zero-order valence-electron chi connectivity index (χ0n) is 13.3. The summed E-state index contributed by atoms with van der Waals surface area (Å²) in [7, 11) is 0. The number of benzene rings is 1. The van der Waals surface area contributed by atoms with E-state index in [2.05, 4.69) is 61.9 Å². The van der Waals surface area contributed by atoms with Crippen LogP contribution in [0.5, 0.6) is 0 Å². The number of nitrogens with two attached hydrogens (primary N) is 1. The van der Waals surface area contributed by atoms with Gasteiger partial charge in [-0.2, -0.15) is 0 Å². The predicted molar refractivity (Wildman–Crippen MR) is 92.1 cm³/mol. The fourth-order valence-corrected chi connectivity index (χ4v) is 4.35. The van der Waals surface area contributed by atoms with Gasteiger partial charge in [0.2, 0.25) is 0 Å². The highest BCUT2D eigenvalue weighted by atomic mass is 79.9. The molecular formula is C17H27BrN2. The molecule has 0 aliphatic heterocycles. The number of hydrogen-bond acceptors (Lipinski definition) is 2. The summed E-state index contributed by atoms with van der Waals surface area (Å²) in [4.78, 5) is 0. The number of nitrogen functional groups attached to an aromatic ring is 1. The first-order valence-corrected chi connectivity index (χ1v) is 8.19. The maximum atomic E-state index is 6.15. The molecule has 1 aliphatic rings. The van der Waals surface area contributed by atoms with Crippen LogP contribution in [0.25, 0.3) is 0 Å². The number of aryl methyl sites for hydroxylation is 1. The zero-order valence-corrected chi connectivity index (χ0v) is 14.9. The van der Waals surface area contributed by atoms with Crippen molar-refractivity contribution in [3.63, 3.8) is 0 Å². The maximum Gasteiger partial charge on any atom is 0.0579 e. The first-order chi connectivity index (χ1) is 9.08. The maximum absolute atomic E-state index is 6.15. The van der Waals surface area contributed by atoms with E-state index in [0.29, 0.717) is 16.9 Å². The van der Waals surface area contributed by atoms with Crippen molar-refractivity contribution < 1.29 is 0 Å². The summed E-state index contributed by atoms with van der Waals surface area (Å²) in [5.74, 6) is 0. The van der Waals surface area contributed by atoms with Gasteiger partial charge in [0.05, 0.1) is 11.4 Å². The van der Waals surface area contributed by atoms with Crippen LogP contribution in [0.1, 0.15) is 52.5 Å². The molecule has 112 valence electrons. The normalized spacial score (nSPS) is 21.7. The van der Waals surface area contributed by atoms with Gasteiger partial charge in [-0.1, -0.05) is 43.6 Å². The van der Waals surface area contributed by atoms with Gasteiger partial charge in [0.25, 0.3) is 0 Å². The highest BCUT2D eigenvalue weighted by Crippen LogP contribution is 2.46. The minimum Gasteiger partial charge on any atom is -0.397 e. The fraction of sp³-hybridized carbons (Fsp3) is 0.647. The monoisotopic (exact) mass is 338 g/mol. The quantitative estimate of drug-likeness (QED) is 0.712. The number of anilines is 2. The Kier molecular flexibility index (Phi) is 4.12. The molecule has 1 fully saturated rings. The van der Waals surface area contributed by atoms with Gasteiger partial charge in [0.15, 0.2) is 0 Å². The van der Waals surface area contributed by atoms with Gasteiger partial charge < -0.3 is 11.1 Å². The first kappa shape index (κ1) is 15.7. The average molecular weight is 339 g/mol. The van der Waals surface area contributed by atoms with Crippen LogP contribution < -0.4 is 11.1 Å². The number of rotatable bonds is 2. The highest BCUT2D eigenvalue weighted by molar-refractivity contribution is 9.10. The molecule has 1 aromatic carbocycles. The van der Waals surface area contributed by atoms with Crippen LogP contribution in [-0.4, -0.2) is 6.04 Å². The van der Waals surface area contributed by atoms with Crippen LogP contribution in [0.15, 0.2) is 16.6 Å². The minimum atomic E-state index is 0.387. The van der Waals surface area contributed by atoms with E-state index >= 15 is 0 Å². The van der Waals surface area contributed by atoms with Crippen molar-refractivity contribution in [1.82, 2.24) is 0 Å². The Bertz CT molecular complexity index is 490. The fourth-order valence-electron chi connectivity index (χ4n) is 3.99. The molecule has 2 nitrogen and oxygen atoms in total. The molecule has 0 heterocycles. The lowest BCUT2D eigenvalue weighted by molar-refractivity contribution is 0.105. The van der Waals surface area contributed by atoms with Crippen molar-refractivity contribution in [3.8, 4) is 0 Å². The lowest BCUT2D eigenvalue weighted by atomic mass is 9.63. The molecule has 0 atom stereocenters. The molecule has 0 unspecified atom stereocenters. The third kappa shape index (κ3) is 3.69. The van der Waals surface area contributed by atoms with Crippen molar-refractivity contribution in [2.45, 2.75) is 59.9 Å². The van der Waals surface area contributed by atoms with Gasteiger partial charge in [-0.3, -0.25) is 0 Å². The molecule has 0 spiro atoms. The third-order valence-electron chi connectivity index (χ3n) is 4.25. The number of hydrogen-bond donors (Lipinski definition) is 2. The first-order valence-electron chi connectivity index (χ1n) is 7.40. The van der Waals surface area contributed by atoms with Gasteiger partial charge in [0, 0.05) is 10.5 Å². The number of halogens is 1. The second-order valence-electron chi connectivity index (χ2n) is 7.94. The standard InChI is InChI=1S/C17H27BrN2/c1-11-6-15(14(19)7-13(11)18)20-12-8-16(2,3)10-17(4,5)9-12/h6-7,12,20H,8-10,19H2,1-5H3. The summed E-state index contributed by atoms with van der Waals surface area (Å²) in [6.07, 6.45) is 3.68. The van der Waals surface area contributed by atoms with Crippen LogP contribution in [0.2, 0.25) is 0 Å². The van der Waals surface area contributed by atoms with E-state index in [1.54, 1.807) is 0 Å². The summed E-state index contributed by atoms with van der Waals surface area (Å²) in [5, 5.41) is 3.68. The van der Waals surface area contributed by atoms with Gasteiger partial charge in [-0.25, -0.2) is 0 Å². The molecule has 3 heteroatoms. The Morgan fingerprint density at radius 3 is 2.25 bits per heavy atom. The lowest BCUT2D eigenvalue weighted by Crippen LogP contribution is -2.40. The van der Waals surface area contributed by atoms with Crippen LogP contribution in [0.4, 0.5) is 11.4 Å². The largest absolute Gasteiger partial charge is 0.397 e. The van der Waals surface area contributed by atoms with E-state index in [4.69, 9.17) is 5.73 Å². The van der Waals surface area contributed by atoms with Gasteiger partial charge in [-0.15, -0.1) is 0 Å². The highest BCUT2D eigenvalue weighted by Gasteiger charge is 2.38. The van der Waals surface area contributed by atoms with Crippen molar-refractivity contribution in [3.05, 3.63) is 22.2 Å². The Morgan fingerprint density at radius 1 is 1.15 bits per heavy atom. The van der Waals surface area contributed by atoms with E-state index in [-0.39, 0.29) is 0 Å². The van der Waals surface area contributed by atoms with Crippen LogP contribution in [0, 0.1) is 17.8 Å². The molecule has 2 rings (SSSR count). The smallest absolute Gasteiger partial charge is 0.0579 e. The van der Waals surface area contributed by atoms with Crippen molar-refractivity contribution >= 4 is 27.3 Å². The molecule has 1 aromatic rings. The molecule has 0 saturated heterocycles. The molecule has 3 N–H and O–H groups in total. The minimum absolute atomic E-state index is 0.387. The molecule has 0 amide bonds. The molecular weight excluding hydrogens is 312 g/mol. The zero-order chi connectivity index (χ0) is 15.1. The third-order valence-corrected chi connectivity index (χ3v) is 5.10. The Balaban J connectivity index is 2.19. The molecule has 0 radical (unpaired) electrons. The van der Waals surface area contributed by atoms with E-state index in [9.17, 15) is 0 Å². The molecule has 0 bridgehead atoms. The van der Waals surface area contributed by atoms with Gasteiger partial charge in [0.1, 0.15) is 0 Å². The predicted octanol–water partition coefficient (Wildman–Crippen LogP) is 5.36. The SMILES string of the molecule is Cc1cc(NC2CC(C)(C)CC(C)(C)C2)c(N)cc1Br. The van der Waals surface area contributed by atoms with Crippen LogP contribution in [-0.2, 0) is 0 Å². The second kappa shape index (κ2) is 5.25. The number of nitrogens with one attached hydrogen (secondary N) is 1. The van der Waals surface area contributed by atoms with Crippen molar-refractivity contribution in [1.29, 1.82) is 0 Å². The Morgan fingerprint density at radius 2 is 1.70 bits per heavy atom. The summed E-state index contributed by atoms with van der Waals surface area (Å²) in [6, 6.07) is 4.64. The van der Waals surface area contributed by atoms with Gasteiger partial charge in [-0.05, 0) is 54.7 Å². The summed E-state index contributed by atoms with van der Waals surface area (Å²) < 4.78 is 1.07. The summed E-state index contributed by atoms with van der Waals surface area (Å²) in [6.45, 7) is 11.6. The van der Waals surface area contributed by atoms with E-state index in [0.717, 1.165) is 15.8 Å². The topological polar surface area (TPSA) is 38.0 Å². The molecule has 1 aliphatic carbocycles. The van der Waals surface area contributed by atoms with E-state index < -0.39 is 0 Å². The molecule has 1 saturated carbocycles. The summed E-state index contributed by atoms with van der Waals surface area (Å²) in [5.41, 5.74) is 10.0. The lowest BCUT2D eigenvalue weighted by Gasteiger charge is -2.45. The summed E-state index contributed by atoms with van der Waals surface area (Å²) >= 11 is 3.53. The van der Waals surface area contributed by atoms with E-state index in [1.807, 2.05) is 6.07 Å². The molecule has 0 aromatic heterocycles. The van der Waals surface area contributed by atoms with Gasteiger partial charge >= 0.3 is 0 Å². The Hall–Kier alpha value is -0.700. The van der Waals surface area contributed by atoms with E-state index in [1.165, 1.54) is 24.8 Å². The Labute approximate surface area is 131 Å². The van der Waals surface area contributed by atoms with Crippen molar-refractivity contribution in [2.75, 3.05) is 11.1 Å².